The van der Waals surface area contributed by atoms with Gasteiger partial charge in [-0.15, -0.1) is 0 Å². The Kier molecular flexibility index (Phi) is 6.82. The van der Waals surface area contributed by atoms with Crippen molar-refractivity contribution in [1.82, 2.24) is 9.13 Å². The molecule has 7 rings (SSSR count). The van der Waals surface area contributed by atoms with Gasteiger partial charge in [-0.1, -0.05) is 72.8 Å². The molecule has 0 unspecified atom stereocenters. The maximum Gasteiger partial charge on any atom is 0.0998 e. The minimum atomic E-state index is 0.532. The second-order valence-corrected chi connectivity index (χ2v) is 11.0. The first-order valence-corrected chi connectivity index (χ1v) is 15.0. The van der Waals surface area contributed by atoms with E-state index in [2.05, 4.69) is 120 Å². The van der Waals surface area contributed by atoms with Gasteiger partial charge in [0.05, 0.1) is 23.3 Å². The molecule has 0 fully saturated rings. The molecule has 4 heteroatoms. The van der Waals surface area contributed by atoms with E-state index in [1.807, 2.05) is 36.4 Å². The monoisotopic (exact) mass is 566 g/mol. The van der Waals surface area contributed by atoms with Crippen LogP contribution >= 0.6 is 0 Å². The molecule has 0 aliphatic rings. The summed E-state index contributed by atoms with van der Waals surface area (Å²) in [5, 5.41) is 24.9. The van der Waals surface area contributed by atoms with Crippen LogP contribution < -0.4 is 0 Å². The lowest BCUT2D eigenvalue weighted by Crippen LogP contribution is -1.92. The van der Waals surface area contributed by atoms with Gasteiger partial charge in [0.25, 0.3) is 0 Å². The molecule has 0 bridgehead atoms. The van der Waals surface area contributed by atoms with E-state index in [0.29, 0.717) is 11.1 Å². The van der Waals surface area contributed by atoms with Crippen LogP contribution in [0.4, 0.5) is 0 Å². The van der Waals surface area contributed by atoms with Gasteiger partial charge in [-0.05, 0) is 84.6 Å². The Bertz CT molecular complexity index is 2210. The molecule has 0 aliphatic carbocycles. The third kappa shape index (κ3) is 4.46. The summed E-state index contributed by atoms with van der Waals surface area (Å²) in [7, 11) is 0. The number of aryl methyl sites for hydroxylation is 2. The van der Waals surface area contributed by atoms with Crippen molar-refractivity contribution in [2.24, 2.45) is 0 Å². The number of nitriles is 2. The molecule has 44 heavy (non-hydrogen) atoms. The average Bonchev–Trinajstić information content (AvgIpc) is 3.57. The van der Waals surface area contributed by atoms with Crippen molar-refractivity contribution in [2.75, 3.05) is 0 Å². The van der Waals surface area contributed by atoms with Crippen LogP contribution in [0.15, 0.2) is 97.1 Å². The third-order valence-electron chi connectivity index (χ3n) is 8.60. The number of hydrogen-bond acceptors (Lipinski definition) is 2. The summed E-state index contributed by atoms with van der Waals surface area (Å²) in [5.74, 6) is 0. The smallest absolute Gasteiger partial charge is 0.0998 e. The summed E-state index contributed by atoms with van der Waals surface area (Å²) in [6.07, 6.45) is 7.91. The largest absolute Gasteiger partial charge is 0.341 e. The number of fused-ring (bicyclic) bond motifs is 6. The molecule has 5 aromatic carbocycles. The van der Waals surface area contributed by atoms with Crippen LogP contribution in [0.2, 0.25) is 0 Å². The number of aromatic nitrogens is 2. The van der Waals surface area contributed by atoms with Gasteiger partial charge in [-0.2, -0.15) is 10.5 Å². The topological polar surface area (TPSA) is 57.4 Å². The van der Waals surface area contributed by atoms with Crippen molar-refractivity contribution in [3.05, 3.63) is 130 Å². The van der Waals surface area contributed by atoms with E-state index in [1.165, 1.54) is 43.6 Å². The molecular weight excluding hydrogens is 536 g/mol. The highest BCUT2D eigenvalue weighted by molar-refractivity contribution is 6.09. The summed E-state index contributed by atoms with van der Waals surface area (Å²) in [5.41, 5.74) is 9.49. The van der Waals surface area contributed by atoms with Crippen LogP contribution in [0.3, 0.4) is 0 Å². The SMILES string of the molecule is CCn1c2ccccc2c2cc(C=Cc3cc(C#N)c(C=Cc4ccc5c(c4)c4ccccc4n5CC)cc3C#N)ccc21. The van der Waals surface area contributed by atoms with Gasteiger partial charge in [0.2, 0.25) is 0 Å². The maximum absolute atomic E-state index is 10.0. The lowest BCUT2D eigenvalue weighted by molar-refractivity contribution is 0.827. The molecule has 2 aromatic heterocycles. The highest BCUT2D eigenvalue weighted by atomic mass is 15.0. The first-order valence-electron chi connectivity index (χ1n) is 15.0. The summed E-state index contributed by atoms with van der Waals surface area (Å²) in [6.45, 7) is 6.14. The molecule has 0 aliphatic heterocycles. The molecule has 7 aromatic rings. The Hall–Kier alpha value is -5.84. The van der Waals surface area contributed by atoms with Crippen molar-refractivity contribution in [3.8, 4) is 12.1 Å². The lowest BCUT2D eigenvalue weighted by atomic mass is 9.97. The zero-order valence-corrected chi connectivity index (χ0v) is 24.8. The van der Waals surface area contributed by atoms with Crippen LogP contribution in [-0.2, 0) is 13.1 Å². The molecular formula is C40H30N4. The van der Waals surface area contributed by atoms with Crippen LogP contribution in [-0.4, -0.2) is 9.13 Å². The van der Waals surface area contributed by atoms with Crippen molar-refractivity contribution < 1.29 is 0 Å². The highest BCUT2D eigenvalue weighted by Gasteiger charge is 2.11. The molecule has 210 valence electrons. The molecule has 0 amide bonds. The number of benzene rings is 5. The van der Waals surface area contributed by atoms with Gasteiger partial charge in [-0.25, -0.2) is 0 Å². The van der Waals surface area contributed by atoms with E-state index in [9.17, 15) is 10.5 Å². The predicted molar refractivity (Wildman–Crippen MR) is 184 cm³/mol. The molecule has 0 radical (unpaired) electrons. The van der Waals surface area contributed by atoms with E-state index in [4.69, 9.17) is 0 Å². The Morgan fingerprint density at radius 3 is 1.32 bits per heavy atom. The zero-order valence-electron chi connectivity index (χ0n) is 24.8. The molecule has 4 nitrogen and oxygen atoms in total. The summed E-state index contributed by atoms with van der Waals surface area (Å²) < 4.78 is 4.66. The molecule has 0 N–H and O–H groups in total. The van der Waals surface area contributed by atoms with Crippen molar-refractivity contribution >= 4 is 67.9 Å². The van der Waals surface area contributed by atoms with Gasteiger partial charge in [0.15, 0.2) is 0 Å². The van der Waals surface area contributed by atoms with E-state index < -0.39 is 0 Å². The quantitative estimate of drug-likeness (QED) is 0.188. The number of nitrogens with zero attached hydrogens (tertiary/aromatic N) is 4. The van der Waals surface area contributed by atoms with E-state index in [-0.39, 0.29) is 0 Å². The molecule has 0 saturated carbocycles. The third-order valence-corrected chi connectivity index (χ3v) is 8.60. The Morgan fingerprint density at radius 2 is 0.909 bits per heavy atom. The lowest BCUT2D eigenvalue weighted by Gasteiger charge is -2.05. The molecule has 0 saturated heterocycles. The second-order valence-electron chi connectivity index (χ2n) is 11.0. The van der Waals surface area contributed by atoms with Crippen LogP contribution in [0.1, 0.15) is 47.2 Å². The Balaban J connectivity index is 1.23. The Labute approximate surface area is 256 Å². The van der Waals surface area contributed by atoms with Crippen LogP contribution in [0.5, 0.6) is 0 Å². The normalized spacial score (nSPS) is 11.8. The number of hydrogen-bond donors (Lipinski definition) is 0. The zero-order chi connectivity index (χ0) is 30.2. The van der Waals surface area contributed by atoms with Crippen molar-refractivity contribution in [3.63, 3.8) is 0 Å². The van der Waals surface area contributed by atoms with Crippen molar-refractivity contribution in [1.29, 1.82) is 10.5 Å². The minimum absolute atomic E-state index is 0.532. The summed E-state index contributed by atoms with van der Waals surface area (Å²) >= 11 is 0. The number of para-hydroxylation sites is 2. The fraction of sp³-hybridized carbons (Fsp3) is 0.100. The maximum atomic E-state index is 10.0. The van der Waals surface area contributed by atoms with Gasteiger partial charge >= 0.3 is 0 Å². The van der Waals surface area contributed by atoms with E-state index in [0.717, 1.165) is 35.3 Å². The standard InChI is InChI=1S/C40H30N4/c1-3-43-37-11-7-5-9-33(37)35-21-27(15-19-39(35)43)13-17-29-23-32(26-42)30(24-31(29)25-41)18-14-28-16-20-40-36(22-28)34-10-6-8-12-38(34)44(40)4-2/h5-24H,3-4H2,1-2H3. The van der Waals surface area contributed by atoms with Gasteiger partial charge in [0.1, 0.15) is 0 Å². The number of rotatable bonds is 6. The van der Waals surface area contributed by atoms with E-state index >= 15 is 0 Å². The van der Waals surface area contributed by atoms with E-state index in [1.54, 1.807) is 0 Å². The van der Waals surface area contributed by atoms with Gasteiger partial charge < -0.3 is 9.13 Å². The summed E-state index contributed by atoms with van der Waals surface area (Å²) in [6, 6.07) is 38.2. The fourth-order valence-electron chi connectivity index (χ4n) is 6.51. The Morgan fingerprint density at radius 1 is 0.500 bits per heavy atom. The van der Waals surface area contributed by atoms with Crippen molar-refractivity contribution in [2.45, 2.75) is 26.9 Å². The van der Waals surface area contributed by atoms with Crippen LogP contribution in [0, 0.1) is 22.7 Å². The van der Waals surface area contributed by atoms with Gasteiger partial charge in [0, 0.05) is 56.7 Å². The molecule has 0 atom stereocenters. The minimum Gasteiger partial charge on any atom is -0.341 e. The fourth-order valence-corrected chi connectivity index (χ4v) is 6.51. The van der Waals surface area contributed by atoms with Gasteiger partial charge in [-0.3, -0.25) is 0 Å². The first kappa shape index (κ1) is 27.0. The molecule has 2 heterocycles. The average molecular weight is 567 g/mol. The summed E-state index contributed by atoms with van der Waals surface area (Å²) in [4.78, 5) is 0. The van der Waals surface area contributed by atoms with Crippen LogP contribution in [0.25, 0.3) is 67.9 Å². The first-order chi connectivity index (χ1) is 21.6. The second kappa shape index (κ2) is 11.1. The predicted octanol–water partition coefficient (Wildman–Crippen LogP) is 10.0. The molecule has 0 spiro atoms. The highest BCUT2D eigenvalue weighted by Crippen LogP contribution is 2.32.